The van der Waals surface area contributed by atoms with E-state index in [1.54, 1.807) is 13.1 Å². The molecule has 1 fully saturated rings. The van der Waals surface area contributed by atoms with Crippen molar-refractivity contribution >= 4 is 35.3 Å². The molecule has 1 aliphatic heterocycles. The van der Waals surface area contributed by atoms with Crippen LogP contribution in [-0.2, 0) is 27.6 Å². The molecule has 1 atom stereocenters. The van der Waals surface area contributed by atoms with Gasteiger partial charge in [-0.1, -0.05) is 38.4 Å². The molecule has 1 aliphatic rings. The Hall–Kier alpha value is -2.94. The van der Waals surface area contributed by atoms with Crippen LogP contribution in [0.4, 0.5) is 15.0 Å². The van der Waals surface area contributed by atoms with Crippen molar-refractivity contribution in [1.82, 2.24) is 20.0 Å². The summed E-state index contributed by atoms with van der Waals surface area (Å²) in [5.74, 6) is -1.33. The van der Waals surface area contributed by atoms with E-state index >= 15 is 0 Å². The van der Waals surface area contributed by atoms with Crippen LogP contribution in [0.1, 0.15) is 39.0 Å². The van der Waals surface area contributed by atoms with Gasteiger partial charge in [0.1, 0.15) is 23.7 Å². The van der Waals surface area contributed by atoms with E-state index in [2.05, 4.69) is 15.7 Å². The number of carbonyl (C=O) groups excluding carboxylic acids is 3. The molecule has 2 aromatic rings. The van der Waals surface area contributed by atoms with E-state index < -0.39 is 35.7 Å². The first-order chi connectivity index (χ1) is 13.8. The minimum atomic E-state index is -1.51. The molecule has 1 aromatic carbocycles. The largest absolute Gasteiger partial charge is 0.325 e. The second-order valence-electron chi connectivity index (χ2n) is 8.41. The highest BCUT2D eigenvalue weighted by molar-refractivity contribution is 6.32. The molecule has 0 spiro atoms. The van der Waals surface area contributed by atoms with Crippen LogP contribution in [0, 0.1) is 5.82 Å². The molecule has 1 unspecified atom stereocenters. The lowest BCUT2D eigenvalue weighted by Gasteiger charge is -2.23. The molecule has 0 saturated carbocycles. The van der Waals surface area contributed by atoms with Crippen molar-refractivity contribution in [2.45, 2.75) is 38.6 Å². The first-order valence-electron chi connectivity index (χ1n) is 9.27. The number of imide groups is 1. The Morgan fingerprint density at radius 2 is 1.97 bits per heavy atom. The van der Waals surface area contributed by atoms with Gasteiger partial charge < -0.3 is 10.6 Å². The first-order valence-corrected chi connectivity index (χ1v) is 9.65. The molecule has 0 bridgehead atoms. The molecule has 8 nitrogen and oxygen atoms in total. The summed E-state index contributed by atoms with van der Waals surface area (Å²) in [6.45, 7) is 6.96. The number of benzene rings is 1. The summed E-state index contributed by atoms with van der Waals surface area (Å²) in [4.78, 5) is 38.7. The lowest BCUT2D eigenvalue weighted by Crippen LogP contribution is -2.42. The number of rotatable bonds is 4. The van der Waals surface area contributed by atoms with Gasteiger partial charge in [0.15, 0.2) is 0 Å². The molecule has 1 saturated heterocycles. The fourth-order valence-electron chi connectivity index (χ4n) is 3.19. The van der Waals surface area contributed by atoms with Crippen molar-refractivity contribution in [2.24, 2.45) is 7.05 Å². The highest BCUT2D eigenvalue weighted by atomic mass is 35.5. The van der Waals surface area contributed by atoms with Gasteiger partial charge in [0.25, 0.3) is 5.91 Å². The number of nitrogens with one attached hydrogen (secondary N) is 2. The fourth-order valence-corrected chi connectivity index (χ4v) is 3.55. The SMILES string of the molecule is Cn1nc(C(C)(C)C)cc1NC(=O)CN1C(=O)NC(C)(c2ccc(F)cc2Cl)C1=O. The van der Waals surface area contributed by atoms with E-state index in [4.69, 9.17) is 11.6 Å². The van der Waals surface area contributed by atoms with Crippen molar-refractivity contribution < 1.29 is 18.8 Å². The van der Waals surface area contributed by atoms with E-state index in [1.165, 1.54) is 17.7 Å². The molecular weight excluding hydrogens is 413 g/mol. The maximum Gasteiger partial charge on any atom is 0.325 e. The average Bonchev–Trinajstić information content (AvgIpc) is 3.08. The van der Waals surface area contributed by atoms with Gasteiger partial charge in [-0.2, -0.15) is 5.10 Å². The number of hydrogen-bond donors (Lipinski definition) is 2. The summed E-state index contributed by atoms with van der Waals surface area (Å²) in [6, 6.07) is 4.55. The van der Waals surface area contributed by atoms with Crippen LogP contribution in [0.15, 0.2) is 24.3 Å². The Morgan fingerprint density at radius 1 is 1.30 bits per heavy atom. The zero-order valence-corrected chi connectivity index (χ0v) is 18.1. The summed E-state index contributed by atoms with van der Waals surface area (Å²) in [7, 11) is 1.69. The smallest absolute Gasteiger partial charge is 0.319 e. The Kier molecular flexibility index (Phi) is 5.36. The molecule has 0 aliphatic carbocycles. The van der Waals surface area contributed by atoms with E-state index in [-0.39, 0.29) is 16.0 Å². The minimum Gasteiger partial charge on any atom is -0.319 e. The number of urea groups is 1. The summed E-state index contributed by atoms with van der Waals surface area (Å²) in [5, 5.41) is 9.59. The third-order valence-corrected chi connectivity index (χ3v) is 5.27. The van der Waals surface area contributed by atoms with Crippen LogP contribution < -0.4 is 10.6 Å². The molecule has 3 rings (SSSR count). The van der Waals surface area contributed by atoms with Crippen LogP contribution in [0.3, 0.4) is 0 Å². The van der Waals surface area contributed by atoms with Crippen LogP contribution >= 0.6 is 11.6 Å². The number of aryl methyl sites for hydroxylation is 1. The number of amides is 4. The zero-order valence-electron chi connectivity index (χ0n) is 17.3. The van der Waals surface area contributed by atoms with Crippen LogP contribution in [0.25, 0.3) is 0 Å². The number of carbonyl (C=O) groups is 3. The number of aromatic nitrogens is 2. The summed E-state index contributed by atoms with van der Waals surface area (Å²) >= 11 is 6.08. The maximum absolute atomic E-state index is 13.4. The monoisotopic (exact) mass is 435 g/mol. The van der Waals surface area contributed by atoms with Gasteiger partial charge in [-0.3, -0.25) is 19.2 Å². The van der Waals surface area contributed by atoms with Gasteiger partial charge in [-0.05, 0) is 19.1 Å². The molecule has 160 valence electrons. The van der Waals surface area contributed by atoms with Gasteiger partial charge in [-0.25, -0.2) is 9.18 Å². The van der Waals surface area contributed by atoms with Crippen LogP contribution in [-0.4, -0.2) is 39.1 Å². The highest BCUT2D eigenvalue weighted by Gasteiger charge is 2.50. The lowest BCUT2D eigenvalue weighted by atomic mass is 9.92. The summed E-state index contributed by atoms with van der Waals surface area (Å²) in [6.07, 6.45) is 0. The molecule has 30 heavy (non-hydrogen) atoms. The maximum atomic E-state index is 13.4. The lowest BCUT2D eigenvalue weighted by molar-refractivity contribution is -0.133. The number of nitrogens with zero attached hydrogens (tertiary/aromatic N) is 3. The molecule has 0 radical (unpaired) electrons. The van der Waals surface area contributed by atoms with E-state index in [0.29, 0.717) is 5.82 Å². The molecule has 10 heteroatoms. The first kappa shape index (κ1) is 21.8. The van der Waals surface area contributed by atoms with Gasteiger partial charge in [-0.15, -0.1) is 0 Å². The summed E-state index contributed by atoms with van der Waals surface area (Å²) in [5.41, 5.74) is -0.683. The second-order valence-corrected chi connectivity index (χ2v) is 8.81. The molecule has 4 amide bonds. The molecule has 2 N–H and O–H groups in total. The third kappa shape index (κ3) is 3.89. The minimum absolute atomic E-state index is 0.00189. The predicted octanol–water partition coefficient (Wildman–Crippen LogP) is 2.92. The van der Waals surface area contributed by atoms with Crippen molar-refractivity contribution in [1.29, 1.82) is 0 Å². The molecule has 1 aromatic heterocycles. The van der Waals surface area contributed by atoms with Crippen molar-refractivity contribution in [3.8, 4) is 0 Å². The Balaban J connectivity index is 1.77. The standard InChI is InChI=1S/C20H23ClFN5O3/c1-19(2,3)14-9-15(26(5)25-14)23-16(28)10-27-17(29)20(4,24-18(27)30)12-7-6-11(22)8-13(12)21/h6-9H,10H2,1-5H3,(H,23,28)(H,24,30). The van der Waals surface area contributed by atoms with Gasteiger partial charge in [0.05, 0.1) is 5.69 Å². The molecule has 2 heterocycles. The van der Waals surface area contributed by atoms with E-state index in [1.807, 2.05) is 20.8 Å². The predicted molar refractivity (Wildman–Crippen MR) is 110 cm³/mol. The van der Waals surface area contributed by atoms with Crippen molar-refractivity contribution in [3.05, 3.63) is 46.4 Å². The number of halogens is 2. The van der Waals surface area contributed by atoms with Gasteiger partial charge in [0.2, 0.25) is 5.91 Å². The van der Waals surface area contributed by atoms with Crippen LogP contribution in [0.2, 0.25) is 5.02 Å². The third-order valence-electron chi connectivity index (χ3n) is 4.96. The van der Waals surface area contributed by atoms with Crippen molar-refractivity contribution in [2.75, 3.05) is 11.9 Å². The number of hydrogen-bond acceptors (Lipinski definition) is 4. The van der Waals surface area contributed by atoms with Gasteiger partial charge >= 0.3 is 6.03 Å². The fraction of sp³-hybridized carbons (Fsp3) is 0.400. The van der Waals surface area contributed by atoms with Gasteiger partial charge in [0, 0.05) is 29.1 Å². The Morgan fingerprint density at radius 3 is 2.53 bits per heavy atom. The number of anilines is 1. The second kappa shape index (κ2) is 7.39. The van der Waals surface area contributed by atoms with Crippen molar-refractivity contribution in [3.63, 3.8) is 0 Å². The zero-order chi connectivity index (χ0) is 22.4. The highest BCUT2D eigenvalue weighted by Crippen LogP contribution is 2.34. The quantitative estimate of drug-likeness (QED) is 0.721. The Labute approximate surface area is 178 Å². The van der Waals surface area contributed by atoms with E-state index in [9.17, 15) is 18.8 Å². The van der Waals surface area contributed by atoms with Crippen LogP contribution in [0.5, 0.6) is 0 Å². The topological polar surface area (TPSA) is 96.3 Å². The average molecular weight is 436 g/mol. The Bertz CT molecular complexity index is 1050. The summed E-state index contributed by atoms with van der Waals surface area (Å²) < 4.78 is 14.9. The normalized spacial score (nSPS) is 19.2. The van der Waals surface area contributed by atoms with E-state index in [0.717, 1.165) is 22.7 Å². The molecular formula is C20H23ClFN5O3.